The van der Waals surface area contributed by atoms with Gasteiger partial charge < -0.3 is 14.6 Å². The Bertz CT molecular complexity index is 1560. The molecule has 1 atom stereocenters. The number of carbonyl (C=O) groups excluding carboxylic acids is 2. The number of thiazole rings is 1. The number of nitrogens with zero attached hydrogens (tertiary/aromatic N) is 3. The molecule has 0 bridgehead atoms. The topological polar surface area (TPSA) is 102 Å². The maximum absolute atomic E-state index is 13.5. The second-order valence-electron chi connectivity index (χ2n) is 9.44. The lowest BCUT2D eigenvalue weighted by atomic mass is 9.98. The molecule has 2 aromatic heterocycles. The number of rotatable bonds is 7. The van der Waals surface area contributed by atoms with Gasteiger partial charge >= 0.3 is 5.91 Å². The number of aliphatic hydroxyl groups excluding tert-OH is 1. The van der Waals surface area contributed by atoms with E-state index in [1.54, 1.807) is 55.8 Å². The standard InChI is InChI=1S/C29H27N3O5S/c1-16(2)15-37-19-9-7-8-18(13-19)26(33)24-25(20-10-5-6-11-30-20)32(28(35)27(24)34)29-31-21-12-17(3)22(36-4)14-23(21)38-29/h5-14,16,25,33H,15H2,1-4H3/b26-24+. The van der Waals surface area contributed by atoms with E-state index in [1.165, 1.54) is 16.2 Å². The van der Waals surface area contributed by atoms with Gasteiger partial charge in [-0.05, 0) is 54.8 Å². The molecule has 4 aromatic rings. The van der Waals surface area contributed by atoms with Crippen LogP contribution >= 0.6 is 11.3 Å². The lowest BCUT2D eigenvalue weighted by Gasteiger charge is -2.22. The number of carbonyl (C=O) groups is 2. The van der Waals surface area contributed by atoms with E-state index in [0.29, 0.717) is 45.9 Å². The summed E-state index contributed by atoms with van der Waals surface area (Å²) < 4.78 is 12.0. The highest BCUT2D eigenvalue weighted by molar-refractivity contribution is 7.22. The van der Waals surface area contributed by atoms with E-state index in [4.69, 9.17) is 9.47 Å². The second-order valence-corrected chi connectivity index (χ2v) is 10.5. The molecule has 1 unspecified atom stereocenters. The summed E-state index contributed by atoms with van der Waals surface area (Å²) >= 11 is 1.27. The van der Waals surface area contributed by atoms with Crippen molar-refractivity contribution >= 4 is 44.1 Å². The fourth-order valence-electron chi connectivity index (χ4n) is 4.37. The number of Topliss-reactive ketones (excluding diaryl/α,β-unsaturated/α-hetero) is 1. The Kier molecular flexibility index (Phi) is 6.86. The molecule has 1 aliphatic heterocycles. The average molecular weight is 530 g/mol. The molecule has 5 rings (SSSR count). The number of hydrogen-bond donors (Lipinski definition) is 1. The Balaban J connectivity index is 1.65. The Hall–Kier alpha value is -4.24. The Morgan fingerprint density at radius 2 is 1.95 bits per heavy atom. The number of fused-ring (bicyclic) bond motifs is 1. The van der Waals surface area contributed by atoms with Crippen LogP contribution in [0.2, 0.25) is 0 Å². The molecule has 0 saturated carbocycles. The van der Waals surface area contributed by atoms with Crippen LogP contribution in [0.25, 0.3) is 16.0 Å². The van der Waals surface area contributed by atoms with Gasteiger partial charge in [0.1, 0.15) is 23.3 Å². The first-order chi connectivity index (χ1) is 18.3. The van der Waals surface area contributed by atoms with Crippen LogP contribution in [0.15, 0.2) is 66.4 Å². The molecule has 1 saturated heterocycles. The smallest absolute Gasteiger partial charge is 0.301 e. The molecule has 2 aromatic carbocycles. The van der Waals surface area contributed by atoms with Gasteiger partial charge in [0, 0.05) is 11.8 Å². The molecule has 3 heterocycles. The first-order valence-corrected chi connectivity index (χ1v) is 13.0. The quantitative estimate of drug-likeness (QED) is 0.187. The molecule has 1 N–H and O–H groups in total. The van der Waals surface area contributed by atoms with Gasteiger partial charge in [-0.15, -0.1) is 0 Å². The van der Waals surface area contributed by atoms with Crippen molar-refractivity contribution < 1.29 is 24.2 Å². The van der Waals surface area contributed by atoms with E-state index < -0.39 is 17.7 Å². The van der Waals surface area contributed by atoms with Crippen molar-refractivity contribution in [1.29, 1.82) is 0 Å². The third kappa shape index (κ3) is 4.61. The second kappa shape index (κ2) is 10.3. The van der Waals surface area contributed by atoms with Gasteiger partial charge in [0.05, 0.1) is 35.2 Å². The zero-order valence-electron chi connectivity index (χ0n) is 21.5. The van der Waals surface area contributed by atoms with Crippen molar-refractivity contribution in [3.63, 3.8) is 0 Å². The van der Waals surface area contributed by atoms with Crippen LogP contribution in [-0.2, 0) is 9.59 Å². The van der Waals surface area contributed by atoms with Gasteiger partial charge in [0.25, 0.3) is 5.78 Å². The van der Waals surface area contributed by atoms with Crippen LogP contribution < -0.4 is 14.4 Å². The minimum absolute atomic E-state index is 0.0530. The number of anilines is 1. The summed E-state index contributed by atoms with van der Waals surface area (Å²) in [5.74, 6) is -0.302. The van der Waals surface area contributed by atoms with Crippen LogP contribution in [0.3, 0.4) is 0 Å². The molecule has 1 fully saturated rings. The van der Waals surface area contributed by atoms with E-state index in [1.807, 2.05) is 32.9 Å². The molecule has 8 nitrogen and oxygen atoms in total. The molecular formula is C29H27N3O5S. The number of amides is 1. The van der Waals surface area contributed by atoms with Crippen LogP contribution in [0.4, 0.5) is 5.13 Å². The number of aliphatic hydroxyl groups is 1. The lowest BCUT2D eigenvalue weighted by Crippen LogP contribution is -2.29. The fourth-order valence-corrected chi connectivity index (χ4v) is 5.37. The predicted molar refractivity (Wildman–Crippen MR) is 147 cm³/mol. The van der Waals surface area contributed by atoms with Crippen LogP contribution in [0.5, 0.6) is 11.5 Å². The van der Waals surface area contributed by atoms with E-state index in [9.17, 15) is 14.7 Å². The molecule has 0 aliphatic carbocycles. The van der Waals surface area contributed by atoms with Gasteiger partial charge in [-0.3, -0.25) is 19.5 Å². The van der Waals surface area contributed by atoms with Crippen LogP contribution in [0, 0.1) is 12.8 Å². The lowest BCUT2D eigenvalue weighted by molar-refractivity contribution is -0.132. The molecular weight excluding hydrogens is 502 g/mol. The van der Waals surface area contributed by atoms with Crippen molar-refractivity contribution in [3.05, 3.63) is 83.2 Å². The van der Waals surface area contributed by atoms with Crippen molar-refractivity contribution in [2.24, 2.45) is 5.92 Å². The Morgan fingerprint density at radius 1 is 1.13 bits per heavy atom. The largest absolute Gasteiger partial charge is 0.507 e. The number of ketones is 1. The maximum Gasteiger partial charge on any atom is 0.301 e. The minimum Gasteiger partial charge on any atom is -0.507 e. The zero-order chi connectivity index (χ0) is 27.0. The molecule has 1 aliphatic rings. The van der Waals surface area contributed by atoms with Crippen LogP contribution in [0.1, 0.15) is 36.7 Å². The minimum atomic E-state index is -0.958. The summed E-state index contributed by atoms with van der Waals surface area (Å²) in [6.45, 7) is 6.50. The van der Waals surface area contributed by atoms with E-state index in [-0.39, 0.29) is 11.3 Å². The molecule has 0 radical (unpaired) electrons. The normalized spacial score (nSPS) is 17.0. The van der Waals surface area contributed by atoms with Crippen molar-refractivity contribution in [2.75, 3.05) is 18.6 Å². The fraction of sp³-hybridized carbons (Fsp3) is 0.241. The van der Waals surface area contributed by atoms with Crippen LogP contribution in [-0.4, -0.2) is 40.5 Å². The molecule has 1 amide bonds. The highest BCUT2D eigenvalue weighted by Crippen LogP contribution is 2.44. The number of pyridine rings is 1. The zero-order valence-corrected chi connectivity index (χ0v) is 22.3. The van der Waals surface area contributed by atoms with Gasteiger partial charge in [-0.1, -0.05) is 43.4 Å². The number of methoxy groups -OCH3 is 1. The molecule has 38 heavy (non-hydrogen) atoms. The number of aromatic nitrogens is 2. The van der Waals surface area contributed by atoms with Gasteiger partial charge in [0.15, 0.2) is 5.13 Å². The van der Waals surface area contributed by atoms with Gasteiger partial charge in [-0.25, -0.2) is 4.98 Å². The van der Waals surface area contributed by atoms with Crippen molar-refractivity contribution in [3.8, 4) is 11.5 Å². The third-order valence-corrected chi connectivity index (χ3v) is 7.22. The monoisotopic (exact) mass is 529 g/mol. The molecule has 0 spiro atoms. The molecule has 194 valence electrons. The highest BCUT2D eigenvalue weighted by Gasteiger charge is 2.48. The van der Waals surface area contributed by atoms with E-state index in [0.717, 1.165) is 10.3 Å². The van der Waals surface area contributed by atoms with Gasteiger partial charge in [-0.2, -0.15) is 0 Å². The Labute approximate surface area is 224 Å². The summed E-state index contributed by atoms with van der Waals surface area (Å²) in [7, 11) is 1.60. The summed E-state index contributed by atoms with van der Waals surface area (Å²) in [4.78, 5) is 37.3. The van der Waals surface area contributed by atoms with Gasteiger partial charge in [0.2, 0.25) is 0 Å². The van der Waals surface area contributed by atoms with Crippen molar-refractivity contribution in [2.45, 2.75) is 26.8 Å². The average Bonchev–Trinajstić information content (AvgIpc) is 3.44. The highest BCUT2D eigenvalue weighted by atomic mass is 32.1. The number of hydrogen-bond acceptors (Lipinski definition) is 8. The number of aryl methyl sites for hydroxylation is 1. The summed E-state index contributed by atoms with van der Waals surface area (Å²) in [5.41, 5.74) is 2.34. The van der Waals surface area contributed by atoms with Crippen molar-refractivity contribution in [1.82, 2.24) is 9.97 Å². The Morgan fingerprint density at radius 3 is 2.66 bits per heavy atom. The number of ether oxygens (including phenoxy) is 2. The maximum atomic E-state index is 13.5. The number of benzene rings is 2. The predicted octanol–water partition coefficient (Wildman–Crippen LogP) is 5.67. The summed E-state index contributed by atoms with van der Waals surface area (Å²) in [6, 6.07) is 14.9. The van der Waals surface area contributed by atoms with E-state index >= 15 is 0 Å². The summed E-state index contributed by atoms with van der Waals surface area (Å²) in [5, 5.41) is 11.7. The SMILES string of the molecule is COc1cc2sc(N3C(=O)C(=O)/C(=C(/O)c4cccc(OCC(C)C)c4)C3c3ccccn3)nc2cc1C. The first kappa shape index (κ1) is 25.4. The molecule has 9 heteroatoms. The van der Waals surface area contributed by atoms with E-state index in [2.05, 4.69) is 9.97 Å². The third-order valence-electron chi connectivity index (χ3n) is 6.20. The summed E-state index contributed by atoms with van der Waals surface area (Å²) in [6.07, 6.45) is 1.59. The first-order valence-electron chi connectivity index (χ1n) is 12.2.